The number of hydrogen-bond acceptors (Lipinski definition) is 2. The third kappa shape index (κ3) is 1.48. The first kappa shape index (κ1) is 10.4. The van der Waals surface area contributed by atoms with Crippen LogP contribution in [0.15, 0.2) is 22.7 Å². The van der Waals surface area contributed by atoms with E-state index in [1.807, 2.05) is 0 Å². The van der Waals surface area contributed by atoms with E-state index in [0.29, 0.717) is 0 Å². The Kier molecular flexibility index (Phi) is 2.13. The summed E-state index contributed by atoms with van der Waals surface area (Å²) >= 11 is 3.55. The van der Waals surface area contributed by atoms with E-state index in [9.17, 15) is 0 Å². The molecule has 1 spiro atoms. The predicted octanol–water partition coefficient (Wildman–Crippen LogP) is 2.85. The highest BCUT2D eigenvalue weighted by Crippen LogP contribution is 2.47. The van der Waals surface area contributed by atoms with E-state index in [0.717, 1.165) is 29.1 Å². The summed E-state index contributed by atoms with van der Waals surface area (Å²) < 4.78 is 7.53. The largest absolute Gasteiger partial charge is 0.485 e. The van der Waals surface area contributed by atoms with Gasteiger partial charge in [0, 0.05) is 23.4 Å². The summed E-state index contributed by atoms with van der Waals surface area (Å²) in [4.78, 5) is 2.57. The van der Waals surface area contributed by atoms with Gasteiger partial charge < -0.3 is 4.74 Å². The molecular weight excluding hydrogens is 278 g/mol. The van der Waals surface area contributed by atoms with E-state index in [1.54, 1.807) is 0 Å². The van der Waals surface area contributed by atoms with Crippen LogP contribution in [0.3, 0.4) is 0 Å². The van der Waals surface area contributed by atoms with E-state index in [2.05, 4.69) is 39.0 Å². The standard InChI is InChI=1S/C14H16BrNO/c15-12-1-2-13-10(7-12)8-14(17-13)9-16-5-3-11(14)4-6-16/h1-2,7,11H,3-6,8-9H2/t14-/m0/s1. The lowest BCUT2D eigenvalue weighted by Crippen LogP contribution is -2.61. The van der Waals surface area contributed by atoms with Crippen LogP contribution in [0.5, 0.6) is 5.75 Å². The molecule has 0 N–H and O–H groups in total. The van der Waals surface area contributed by atoms with Crippen LogP contribution in [0.4, 0.5) is 0 Å². The second-order valence-corrected chi connectivity index (χ2v) is 6.56. The molecule has 0 radical (unpaired) electrons. The highest BCUT2D eigenvalue weighted by atomic mass is 79.9. The molecule has 3 saturated heterocycles. The van der Waals surface area contributed by atoms with E-state index >= 15 is 0 Å². The van der Waals surface area contributed by atoms with Crippen molar-refractivity contribution in [2.24, 2.45) is 5.92 Å². The molecule has 0 saturated carbocycles. The summed E-state index contributed by atoms with van der Waals surface area (Å²) in [5, 5.41) is 0. The monoisotopic (exact) mass is 293 g/mol. The van der Waals surface area contributed by atoms with Gasteiger partial charge in [0.15, 0.2) is 0 Å². The molecule has 3 heteroatoms. The van der Waals surface area contributed by atoms with Crippen molar-refractivity contribution < 1.29 is 4.74 Å². The van der Waals surface area contributed by atoms with Crippen molar-refractivity contribution in [2.75, 3.05) is 19.6 Å². The van der Waals surface area contributed by atoms with Crippen molar-refractivity contribution in [1.82, 2.24) is 4.90 Å². The van der Waals surface area contributed by atoms with E-state index in [1.165, 1.54) is 31.5 Å². The van der Waals surface area contributed by atoms with Gasteiger partial charge in [0.2, 0.25) is 0 Å². The minimum Gasteiger partial charge on any atom is -0.485 e. The van der Waals surface area contributed by atoms with Gasteiger partial charge >= 0.3 is 0 Å². The maximum atomic E-state index is 6.36. The topological polar surface area (TPSA) is 12.5 Å². The molecule has 2 bridgehead atoms. The van der Waals surface area contributed by atoms with Crippen LogP contribution in [0, 0.1) is 5.92 Å². The lowest BCUT2D eigenvalue weighted by molar-refractivity contribution is -0.0798. The zero-order valence-corrected chi connectivity index (χ0v) is 11.4. The Hall–Kier alpha value is -0.540. The molecule has 0 aliphatic carbocycles. The first-order chi connectivity index (χ1) is 8.25. The molecule has 17 heavy (non-hydrogen) atoms. The van der Waals surface area contributed by atoms with Gasteiger partial charge in [-0.1, -0.05) is 15.9 Å². The van der Waals surface area contributed by atoms with Crippen LogP contribution < -0.4 is 4.74 Å². The molecule has 4 heterocycles. The summed E-state index contributed by atoms with van der Waals surface area (Å²) in [6, 6.07) is 6.42. The van der Waals surface area contributed by atoms with Gasteiger partial charge in [-0.05, 0) is 49.7 Å². The molecule has 0 unspecified atom stereocenters. The van der Waals surface area contributed by atoms with E-state index < -0.39 is 0 Å². The van der Waals surface area contributed by atoms with Crippen LogP contribution in [0.1, 0.15) is 18.4 Å². The molecule has 4 aliphatic rings. The molecule has 90 valence electrons. The molecule has 2 nitrogen and oxygen atoms in total. The molecule has 4 aliphatic heterocycles. The molecule has 1 aromatic carbocycles. The van der Waals surface area contributed by atoms with Crippen molar-refractivity contribution in [3.05, 3.63) is 28.2 Å². The number of nitrogens with zero attached hydrogens (tertiary/aromatic N) is 1. The number of halogens is 1. The predicted molar refractivity (Wildman–Crippen MR) is 70.4 cm³/mol. The summed E-state index contributed by atoms with van der Waals surface area (Å²) in [7, 11) is 0. The molecule has 1 atom stereocenters. The molecule has 3 fully saturated rings. The fourth-order valence-corrected chi connectivity index (χ4v) is 4.21. The van der Waals surface area contributed by atoms with Crippen LogP contribution >= 0.6 is 15.9 Å². The highest BCUT2D eigenvalue weighted by molar-refractivity contribution is 9.10. The number of hydrogen-bond donors (Lipinski definition) is 0. The quantitative estimate of drug-likeness (QED) is 0.729. The normalized spacial score (nSPS) is 38.2. The second-order valence-electron chi connectivity index (χ2n) is 5.65. The van der Waals surface area contributed by atoms with Crippen molar-refractivity contribution in [2.45, 2.75) is 24.9 Å². The van der Waals surface area contributed by atoms with Gasteiger partial charge in [-0.25, -0.2) is 0 Å². The van der Waals surface area contributed by atoms with Gasteiger partial charge in [-0.3, -0.25) is 4.90 Å². The summed E-state index contributed by atoms with van der Waals surface area (Å²) in [5.74, 6) is 1.88. The highest BCUT2D eigenvalue weighted by Gasteiger charge is 2.51. The van der Waals surface area contributed by atoms with Gasteiger partial charge in [0.25, 0.3) is 0 Å². The number of ether oxygens (including phenoxy) is 1. The zero-order chi connectivity index (χ0) is 11.5. The van der Waals surface area contributed by atoms with Crippen LogP contribution in [-0.4, -0.2) is 30.1 Å². The maximum absolute atomic E-state index is 6.36. The lowest BCUT2D eigenvalue weighted by atomic mass is 9.73. The second kappa shape index (κ2) is 3.48. The van der Waals surface area contributed by atoms with Gasteiger partial charge in [0.1, 0.15) is 11.4 Å². The molecule has 5 rings (SSSR count). The van der Waals surface area contributed by atoms with Crippen LogP contribution in [0.2, 0.25) is 0 Å². The molecule has 1 aromatic rings. The van der Waals surface area contributed by atoms with E-state index in [-0.39, 0.29) is 5.60 Å². The number of rotatable bonds is 0. The van der Waals surface area contributed by atoms with Gasteiger partial charge in [-0.2, -0.15) is 0 Å². The van der Waals surface area contributed by atoms with Crippen molar-refractivity contribution in [3.63, 3.8) is 0 Å². The van der Waals surface area contributed by atoms with Gasteiger partial charge in [0.05, 0.1) is 0 Å². The SMILES string of the molecule is Brc1ccc2c(c1)C[C@@]1(CN3CCC1CC3)O2. The third-order valence-corrected chi connectivity index (χ3v) is 5.14. The van der Waals surface area contributed by atoms with Crippen molar-refractivity contribution in [1.29, 1.82) is 0 Å². The summed E-state index contributed by atoms with van der Waals surface area (Å²) in [5.41, 5.74) is 1.48. The number of fused-ring (bicyclic) bond motifs is 3. The van der Waals surface area contributed by atoms with Crippen LogP contribution in [-0.2, 0) is 6.42 Å². The van der Waals surface area contributed by atoms with Crippen molar-refractivity contribution in [3.8, 4) is 5.75 Å². The average Bonchev–Trinajstić information content (AvgIpc) is 2.67. The number of piperidine rings is 3. The van der Waals surface area contributed by atoms with Crippen molar-refractivity contribution >= 4 is 15.9 Å². The maximum Gasteiger partial charge on any atom is 0.129 e. The first-order valence-electron chi connectivity index (χ1n) is 6.45. The Bertz CT molecular complexity index is 467. The lowest BCUT2D eigenvalue weighted by Gasteiger charge is -2.50. The van der Waals surface area contributed by atoms with Crippen LogP contribution in [0.25, 0.3) is 0 Å². The first-order valence-corrected chi connectivity index (χ1v) is 7.24. The third-order valence-electron chi connectivity index (χ3n) is 4.65. The Morgan fingerprint density at radius 1 is 1.29 bits per heavy atom. The minimum atomic E-state index is 0.0969. The van der Waals surface area contributed by atoms with E-state index in [4.69, 9.17) is 4.74 Å². The van der Waals surface area contributed by atoms with Gasteiger partial charge in [-0.15, -0.1) is 0 Å². The fraction of sp³-hybridized carbons (Fsp3) is 0.571. The average molecular weight is 294 g/mol. The molecule has 0 aromatic heterocycles. The number of benzene rings is 1. The fourth-order valence-electron chi connectivity index (χ4n) is 3.80. The molecular formula is C14H16BrNO. The Morgan fingerprint density at radius 2 is 2.12 bits per heavy atom. The Balaban J connectivity index is 1.71. The Morgan fingerprint density at radius 3 is 2.82 bits per heavy atom. The summed E-state index contributed by atoms with van der Waals surface area (Å²) in [6.07, 6.45) is 3.73. The minimum absolute atomic E-state index is 0.0969. The zero-order valence-electron chi connectivity index (χ0n) is 9.79. The Labute approximate surface area is 110 Å². The smallest absolute Gasteiger partial charge is 0.129 e. The molecule has 0 amide bonds. The summed E-state index contributed by atoms with van der Waals surface area (Å²) in [6.45, 7) is 3.68.